The molecule has 110 valence electrons. The van der Waals surface area contributed by atoms with Gasteiger partial charge in [-0.1, -0.05) is 26.0 Å². The second-order valence-electron chi connectivity index (χ2n) is 5.15. The molecule has 19 heavy (non-hydrogen) atoms. The summed E-state index contributed by atoms with van der Waals surface area (Å²) < 4.78 is 35.3. The summed E-state index contributed by atoms with van der Waals surface area (Å²) in [5.74, 6) is -0.787. The minimum atomic E-state index is -3.53. The molecule has 1 rings (SSSR count). The van der Waals surface area contributed by atoms with Crippen molar-refractivity contribution in [1.82, 2.24) is 0 Å². The van der Waals surface area contributed by atoms with Gasteiger partial charge < -0.3 is 9.47 Å². The van der Waals surface area contributed by atoms with Crippen LogP contribution in [0.2, 0.25) is 0 Å². The molecule has 0 aromatic heterocycles. The highest BCUT2D eigenvalue weighted by Crippen LogP contribution is 2.34. The summed E-state index contributed by atoms with van der Waals surface area (Å²) in [7, 11) is -3.53. The van der Waals surface area contributed by atoms with Gasteiger partial charge in [0.05, 0.1) is 11.9 Å². The van der Waals surface area contributed by atoms with Gasteiger partial charge in [-0.15, -0.1) is 0 Å². The third-order valence-corrected chi connectivity index (χ3v) is 5.17. The van der Waals surface area contributed by atoms with E-state index < -0.39 is 27.3 Å². The molecule has 0 N–H and O–H groups in total. The van der Waals surface area contributed by atoms with Gasteiger partial charge >= 0.3 is 5.97 Å². The number of hydrogen-bond acceptors (Lipinski definition) is 5. The first-order valence-corrected chi connectivity index (χ1v) is 8.09. The van der Waals surface area contributed by atoms with Gasteiger partial charge in [-0.05, 0) is 13.3 Å². The van der Waals surface area contributed by atoms with E-state index in [1.54, 1.807) is 6.92 Å². The van der Waals surface area contributed by atoms with Gasteiger partial charge in [0.1, 0.15) is 6.10 Å². The van der Waals surface area contributed by atoms with E-state index >= 15 is 0 Å². The fourth-order valence-electron chi connectivity index (χ4n) is 2.37. The van der Waals surface area contributed by atoms with Crippen LogP contribution >= 0.6 is 0 Å². The van der Waals surface area contributed by atoms with Crippen molar-refractivity contribution < 1.29 is 22.7 Å². The largest absolute Gasteiger partial charge is 0.458 e. The topological polar surface area (TPSA) is 69.7 Å². The highest BCUT2D eigenvalue weighted by atomic mass is 32.2. The average Bonchev–Trinajstić information content (AvgIpc) is 2.54. The molecule has 0 saturated carbocycles. The number of ether oxygens (including phenoxy) is 2. The fourth-order valence-corrected chi connectivity index (χ4v) is 4.25. The van der Waals surface area contributed by atoms with Gasteiger partial charge in [0.2, 0.25) is 0 Å². The molecule has 6 heteroatoms. The summed E-state index contributed by atoms with van der Waals surface area (Å²) in [5, 5.41) is 0. The van der Waals surface area contributed by atoms with E-state index in [1.165, 1.54) is 6.92 Å². The van der Waals surface area contributed by atoms with E-state index in [4.69, 9.17) is 9.47 Å². The lowest BCUT2D eigenvalue weighted by Gasteiger charge is -2.21. The number of rotatable bonds is 5. The van der Waals surface area contributed by atoms with E-state index in [-0.39, 0.29) is 17.8 Å². The van der Waals surface area contributed by atoms with Gasteiger partial charge in [0.15, 0.2) is 15.3 Å². The van der Waals surface area contributed by atoms with Gasteiger partial charge in [0, 0.05) is 12.8 Å². The minimum absolute atomic E-state index is 0.140. The summed E-state index contributed by atoms with van der Waals surface area (Å²) in [5.41, 5.74) is -0.550. The fraction of sp³-hybridized carbons (Fsp3) is 0.769. The lowest BCUT2D eigenvalue weighted by atomic mass is 10.00. The molecule has 5 nitrogen and oxygen atoms in total. The second-order valence-corrected chi connectivity index (χ2v) is 7.23. The second kappa shape index (κ2) is 6.05. The first-order chi connectivity index (χ1) is 8.69. The SMILES string of the molecule is C=C(C)CS(=O)(=O)C1OC(CC)C(C)C1OC(C)=O. The molecule has 1 fully saturated rings. The Bertz CT molecular complexity index is 454. The van der Waals surface area contributed by atoms with Crippen molar-refractivity contribution in [1.29, 1.82) is 0 Å². The third-order valence-electron chi connectivity index (χ3n) is 3.19. The summed E-state index contributed by atoms with van der Waals surface area (Å²) in [6, 6.07) is 0. The summed E-state index contributed by atoms with van der Waals surface area (Å²) in [6.07, 6.45) is -0.279. The van der Waals surface area contributed by atoms with Crippen LogP contribution < -0.4 is 0 Å². The maximum atomic E-state index is 12.3. The molecule has 0 aliphatic carbocycles. The zero-order chi connectivity index (χ0) is 14.8. The normalized spacial score (nSPS) is 31.2. The lowest BCUT2D eigenvalue weighted by molar-refractivity contribution is -0.148. The Morgan fingerprint density at radius 2 is 1.95 bits per heavy atom. The van der Waals surface area contributed by atoms with Crippen LogP contribution in [0.5, 0.6) is 0 Å². The van der Waals surface area contributed by atoms with Crippen LogP contribution in [0, 0.1) is 5.92 Å². The van der Waals surface area contributed by atoms with Crippen LogP contribution in [-0.2, 0) is 24.1 Å². The summed E-state index contributed by atoms with van der Waals surface area (Å²) >= 11 is 0. The lowest BCUT2D eigenvalue weighted by Crippen LogP contribution is -2.37. The quantitative estimate of drug-likeness (QED) is 0.569. The number of esters is 1. The van der Waals surface area contributed by atoms with Crippen molar-refractivity contribution in [3.05, 3.63) is 12.2 Å². The highest BCUT2D eigenvalue weighted by Gasteiger charge is 2.49. The summed E-state index contributed by atoms with van der Waals surface area (Å²) in [4.78, 5) is 11.1. The molecular weight excluding hydrogens is 268 g/mol. The molecule has 0 bridgehead atoms. The Labute approximate surface area is 114 Å². The number of sulfone groups is 1. The first-order valence-electron chi connectivity index (χ1n) is 6.37. The Kier molecular flexibility index (Phi) is 5.15. The predicted octanol–water partition coefficient (Wildman–Crippen LogP) is 1.68. The summed E-state index contributed by atoms with van der Waals surface area (Å²) in [6.45, 7) is 10.3. The van der Waals surface area contributed by atoms with Gasteiger partial charge in [-0.3, -0.25) is 4.79 Å². The maximum absolute atomic E-state index is 12.3. The number of carbonyl (C=O) groups is 1. The van der Waals surface area contributed by atoms with Crippen molar-refractivity contribution in [3.63, 3.8) is 0 Å². The van der Waals surface area contributed by atoms with Crippen LogP contribution in [0.15, 0.2) is 12.2 Å². The van der Waals surface area contributed by atoms with E-state index in [0.717, 1.165) is 0 Å². The van der Waals surface area contributed by atoms with Crippen molar-refractivity contribution in [2.75, 3.05) is 5.75 Å². The minimum Gasteiger partial charge on any atom is -0.458 e. The number of carbonyl (C=O) groups excluding carboxylic acids is 1. The molecule has 0 amide bonds. The zero-order valence-corrected chi connectivity index (χ0v) is 12.7. The zero-order valence-electron chi connectivity index (χ0n) is 11.9. The smallest absolute Gasteiger partial charge is 0.303 e. The van der Waals surface area contributed by atoms with Crippen molar-refractivity contribution in [2.45, 2.75) is 51.8 Å². The molecule has 0 spiro atoms. The van der Waals surface area contributed by atoms with E-state index in [0.29, 0.717) is 12.0 Å². The molecule has 0 radical (unpaired) electrons. The monoisotopic (exact) mass is 290 g/mol. The van der Waals surface area contributed by atoms with Gasteiger partial charge in [-0.2, -0.15) is 0 Å². The molecule has 0 aromatic rings. The molecule has 1 aliphatic heterocycles. The van der Waals surface area contributed by atoms with Crippen molar-refractivity contribution in [2.24, 2.45) is 5.92 Å². The van der Waals surface area contributed by atoms with Crippen molar-refractivity contribution in [3.8, 4) is 0 Å². The molecule has 0 aromatic carbocycles. The number of hydrogen-bond donors (Lipinski definition) is 0. The Morgan fingerprint density at radius 3 is 2.37 bits per heavy atom. The van der Waals surface area contributed by atoms with Crippen molar-refractivity contribution >= 4 is 15.8 Å². The molecule has 1 aliphatic rings. The third kappa shape index (κ3) is 3.79. The average molecular weight is 290 g/mol. The Hall–Kier alpha value is -0.880. The predicted molar refractivity (Wildman–Crippen MR) is 72.3 cm³/mol. The maximum Gasteiger partial charge on any atom is 0.303 e. The Morgan fingerprint density at radius 1 is 1.37 bits per heavy atom. The van der Waals surface area contributed by atoms with Crippen LogP contribution in [0.3, 0.4) is 0 Å². The van der Waals surface area contributed by atoms with E-state index in [9.17, 15) is 13.2 Å². The van der Waals surface area contributed by atoms with E-state index in [1.807, 2.05) is 13.8 Å². The molecule has 1 saturated heterocycles. The van der Waals surface area contributed by atoms with Crippen LogP contribution in [0.4, 0.5) is 0 Å². The Balaban J connectivity index is 3.02. The van der Waals surface area contributed by atoms with Gasteiger partial charge in [-0.25, -0.2) is 8.42 Å². The highest BCUT2D eigenvalue weighted by molar-refractivity contribution is 7.92. The molecule has 1 heterocycles. The van der Waals surface area contributed by atoms with E-state index in [2.05, 4.69) is 6.58 Å². The van der Waals surface area contributed by atoms with Crippen LogP contribution in [0.1, 0.15) is 34.1 Å². The standard InChI is InChI=1S/C13H22O5S/c1-6-11-9(4)12(17-10(5)14)13(18-11)19(15,16)7-8(2)3/h9,11-13H,2,6-7H2,1,3-5H3. The van der Waals surface area contributed by atoms with Crippen LogP contribution in [-0.4, -0.2) is 37.8 Å². The first kappa shape index (κ1) is 16.2. The van der Waals surface area contributed by atoms with Gasteiger partial charge in [0.25, 0.3) is 0 Å². The molecule has 4 atom stereocenters. The molecular formula is C13H22O5S. The van der Waals surface area contributed by atoms with Crippen LogP contribution in [0.25, 0.3) is 0 Å². The molecule has 4 unspecified atom stereocenters.